The minimum Gasteiger partial charge on any atom is -0.381 e. The van der Waals surface area contributed by atoms with Gasteiger partial charge in [0.25, 0.3) is 5.56 Å². The summed E-state index contributed by atoms with van der Waals surface area (Å²) in [7, 11) is 11.0. The summed E-state index contributed by atoms with van der Waals surface area (Å²) in [6.07, 6.45) is 15.1. The number of methoxy groups -OCH3 is 2. The molecule has 1 N–H and O–H groups in total. The minimum atomic E-state index is -0.583. The van der Waals surface area contributed by atoms with Crippen LogP contribution in [0.4, 0.5) is 0 Å². The minimum absolute atomic E-state index is 0. The number of aromatic amines is 1. The molecule has 0 atom stereocenters. The number of nitrogens with one attached hydrogen (secondary N) is 1. The van der Waals surface area contributed by atoms with Gasteiger partial charge in [0, 0.05) is 103 Å². The summed E-state index contributed by atoms with van der Waals surface area (Å²) >= 11 is 0. The van der Waals surface area contributed by atoms with E-state index in [1.807, 2.05) is 164 Å². The van der Waals surface area contributed by atoms with Crippen molar-refractivity contribution in [3.8, 4) is 18.2 Å². The van der Waals surface area contributed by atoms with Crippen LogP contribution in [0.5, 0.6) is 0 Å². The van der Waals surface area contributed by atoms with Gasteiger partial charge in [0.1, 0.15) is 24.0 Å². The topological polar surface area (TPSA) is 198 Å². The first-order valence-corrected chi connectivity index (χ1v) is 21.1. The molecule has 0 fully saturated rings. The van der Waals surface area contributed by atoms with Crippen molar-refractivity contribution < 1.29 is 14.3 Å². The van der Waals surface area contributed by atoms with Gasteiger partial charge in [-0.05, 0) is 100 Å². The molecule has 0 aliphatic carbocycles. The van der Waals surface area contributed by atoms with Gasteiger partial charge in [-0.1, -0.05) is 62.8 Å². The lowest BCUT2D eigenvalue weighted by atomic mass is 10.1. The Morgan fingerprint density at radius 3 is 1.58 bits per heavy atom. The number of ether oxygens (including phenoxy) is 2. The first-order chi connectivity index (χ1) is 30.6. The van der Waals surface area contributed by atoms with Crippen molar-refractivity contribution in [2.45, 2.75) is 110 Å². The average molecular weight is 895 g/mol. The molecule has 5 aromatic heterocycles. The number of aryl methyl sites for hydroxylation is 2. The maximum atomic E-state index is 11.3. The van der Waals surface area contributed by atoms with E-state index in [9.17, 15) is 9.59 Å². The Bertz CT molecular complexity index is 2230. The third-order valence-corrected chi connectivity index (χ3v) is 8.03. The highest BCUT2D eigenvalue weighted by molar-refractivity contribution is 5.80. The number of aromatic nitrogens is 5. The lowest BCUT2D eigenvalue weighted by molar-refractivity contribution is -0.270. The Balaban J connectivity index is -0.000000223. The zero-order valence-electron chi connectivity index (χ0n) is 41.9. The molecular weight excluding hydrogens is 817 g/mol. The molecule has 14 nitrogen and oxygen atoms in total. The molecule has 0 unspecified atom stereocenters. The van der Waals surface area contributed by atoms with Crippen LogP contribution in [-0.2, 0) is 20.7 Å². The fourth-order valence-corrected chi connectivity index (χ4v) is 4.19. The first kappa shape index (κ1) is 67.4. The number of H-pyrrole nitrogens is 1. The molecule has 0 saturated carbocycles. The molecule has 0 saturated heterocycles. The van der Waals surface area contributed by atoms with E-state index < -0.39 is 5.91 Å². The van der Waals surface area contributed by atoms with Crippen LogP contribution >= 0.6 is 0 Å². The van der Waals surface area contributed by atoms with Crippen LogP contribution in [0, 0.1) is 47.8 Å². The Morgan fingerprint density at radius 2 is 1.17 bits per heavy atom. The predicted molar refractivity (Wildman–Crippen MR) is 269 cm³/mol. The molecule has 0 bridgehead atoms. The Hall–Kier alpha value is -6.63. The van der Waals surface area contributed by atoms with Crippen molar-refractivity contribution >= 4 is 22.6 Å². The van der Waals surface area contributed by atoms with Crippen molar-refractivity contribution in [2.24, 2.45) is 0 Å². The quantitative estimate of drug-likeness (QED) is 0.152. The highest BCUT2D eigenvalue weighted by atomic mass is 16.7. The van der Waals surface area contributed by atoms with Crippen molar-refractivity contribution in [1.82, 2.24) is 34.7 Å². The molecule has 0 radical (unpaired) electrons. The van der Waals surface area contributed by atoms with Crippen LogP contribution < -0.4 is 5.56 Å². The van der Waals surface area contributed by atoms with E-state index >= 15 is 0 Å². The highest BCUT2D eigenvalue weighted by Crippen LogP contribution is 2.13. The second-order valence-corrected chi connectivity index (χ2v) is 12.5. The summed E-state index contributed by atoms with van der Waals surface area (Å²) in [5.74, 6) is -0.530. The molecule has 0 aliphatic heterocycles. The monoisotopic (exact) mass is 895 g/mol. The van der Waals surface area contributed by atoms with E-state index in [1.165, 1.54) is 13.1 Å². The Labute approximate surface area is 391 Å². The maximum absolute atomic E-state index is 11.3. The predicted octanol–water partition coefficient (Wildman–Crippen LogP) is 10.7. The number of hydrogen-bond acceptors (Lipinski definition) is 13. The van der Waals surface area contributed by atoms with Gasteiger partial charge in [-0.25, -0.2) is 0 Å². The summed E-state index contributed by atoms with van der Waals surface area (Å²) < 4.78 is 10.1. The number of pyridine rings is 5. The summed E-state index contributed by atoms with van der Waals surface area (Å²) in [6, 6.07) is 15.2. The number of nitriles is 3. The van der Waals surface area contributed by atoms with Crippen LogP contribution in [0.3, 0.4) is 0 Å². The number of Topliss-reactive ketones (excluding diaryl/α,β-unsaturated/α-hetero) is 1. The second-order valence-electron chi connectivity index (χ2n) is 12.5. The van der Waals surface area contributed by atoms with Gasteiger partial charge in [0.15, 0.2) is 0 Å². The van der Waals surface area contributed by atoms with Gasteiger partial charge < -0.3 is 19.4 Å². The first-order valence-electron chi connectivity index (χ1n) is 21.1. The second kappa shape index (κ2) is 41.4. The normalized spacial score (nSPS) is 9.22. The zero-order chi connectivity index (χ0) is 50.3. The van der Waals surface area contributed by atoms with Gasteiger partial charge in [0.05, 0.1) is 22.1 Å². The number of fused-ring (bicyclic) bond motifs is 1. The van der Waals surface area contributed by atoms with Crippen molar-refractivity contribution in [3.63, 3.8) is 0 Å². The molecule has 5 heterocycles. The smallest absolute Gasteiger partial charge is 0.257 e. The number of rotatable bonds is 7. The summed E-state index contributed by atoms with van der Waals surface area (Å²) in [6.45, 7) is 25.1. The average Bonchev–Trinajstić information content (AvgIpc) is 3.32. The van der Waals surface area contributed by atoms with Crippen molar-refractivity contribution in [2.75, 3.05) is 42.4 Å². The molecular formula is C51H78N10O4. The van der Waals surface area contributed by atoms with Crippen LogP contribution in [0.15, 0.2) is 90.4 Å². The van der Waals surface area contributed by atoms with Crippen molar-refractivity contribution in [1.29, 1.82) is 15.8 Å². The Kier molecular flexibility index (Phi) is 42.9. The lowest BCUT2D eigenvalue weighted by Crippen LogP contribution is -2.44. The van der Waals surface area contributed by atoms with Crippen LogP contribution in [0.25, 0.3) is 16.8 Å². The summed E-state index contributed by atoms with van der Waals surface area (Å²) in [5.41, 5.74) is 6.28. The fourth-order valence-electron chi connectivity index (χ4n) is 4.19. The SMILES string of the molecule is C.C/C(=C\c1ccncc1C#N)N(C)C.CC.CC.CC.CC.CC(=O)Cc1ccncc1C#N.COC(C)(OC)N(C)C.Cc1cc2ccncc2c(=O)[nH]1.Cc1ccncc1C#N. The van der Waals surface area contributed by atoms with E-state index in [1.54, 1.807) is 63.7 Å². The van der Waals surface area contributed by atoms with Gasteiger partial charge in [0.2, 0.25) is 5.91 Å². The number of hydrogen-bond donors (Lipinski definition) is 1. The van der Waals surface area contributed by atoms with Gasteiger partial charge in [-0.3, -0.25) is 34.4 Å². The largest absolute Gasteiger partial charge is 0.381 e. The number of allylic oxidation sites excluding steroid dienone is 1. The molecule has 0 spiro atoms. The van der Waals surface area contributed by atoms with E-state index in [4.69, 9.17) is 25.3 Å². The Morgan fingerprint density at radius 1 is 0.723 bits per heavy atom. The number of ketones is 1. The van der Waals surface area contributed by atoms with Crippen LogP contribution in [0.1, 0.15) is 123 Å². The summed E-state index contributed by atoms with van der Waals surface area (Å²) in [4.78, 5) is 44.0. The van der Waals surface area contributed by atoms with Gasteiger partial charge >= 0.3 is 0 Å². The van der Waals surface area contributed by atoms with E-state index in [2.05, 4.69) is 31.0 Å². The number of carbonyl (C=O) groups excluding carboxylic acids is 1. The molecule has 5 rings (SSSR count). The molecule has 0 amide bonds. The van der Waals surface area contributed by atoms with Crippen LogP contribution in [-0.4, -0.2) is 88.8 Å². The lowest BCUT2D eigenvalue weighted by Gasteiger charge is -2.32. The zero-order valence-corrected chi connectivity index (χ0v) is 41.9. The molecule has 65 heavy (non-hydrogen) atoms. The number of nitrogens with zero attached hydrogens (tertiary/aromatic N) is 9. The van der Waals surface area contributed by atoms with E-state index in [0.29, 0.717) is 28.5 Å². The number of carbonyl (C=O) groups is 1. The van der Waals surface area contributed by atoms with E-state index in [0.717, 1.165) is 33.5 Å². The van der Waals surface area contributed by atoms with Crippen molar-refractivity contribution in [3.05, 3.63) is 135 Å². The van der Waals surface area contributed by atoms with Crippen LogP contribution in [0.2, 0.25) is 0 Å². The fraction of sp³-hybridized carbons (Fsp3) is 0.431. The molecule has 0 aromatic carbocycles. The van der Waals surface area contributed by atoms with Gasteiger partial charge in [-0.15, -0.1) is 0 Å². The maximum Gasteiger partial charge on any atom is 0.257 e. The molecule has 0 aliphatic rings. The molecule has 14 heteroatoms. The highest BCUT2D eigenvalue weighted by Gasteiger charge is 2.24. The van der Waals surface area contributed by atoms with E-state index in [-0.39, 0.29) is 18.8 Å². The molecule has 356 valence electrons. The van der Waals surface area contributed by atoms with Gasteiger partial charge in [-0.2, -0.15) is 15.8 Å². The third-order valence-electron chi connectivity index (χ3n) is 8.03. The third kappa shape index (κ3) is 27.9. The standard InChI is InChI=1S/C11H13N3.2C9H8N2O.C7H6N2.C6H15NO2.4C2H6.CH4/c1-9(14(2)3)6-10-4-5-13-8-11(10)7-12;1-6-4-7-2-3-10-5-8(7)9(12)11-6;1-7(12)4-8-2-3-11-6-9(8)5-10;1-6-2-3-9-5-7(6)4-8;1-6(8-4,9-5)7(2)3;4*1-2;/h4-6,8H,1-3H3;2-5H,1H3,(H,11,12);2-3,6H,4H2,1H3;2-3,5H,1H3;1-5H3;4*1-2H3;1H4/b9-6+;;;;;;;;;. The molecule has 5 aromatic rings. The summed E-state index contributed by atoms with van der Waals surface area (Å²) in [5, 5.41) is 27.5.